The predicted octanol–water partition coefficient (Wildman–Crippen LogP) is 5.38. The van der Waals surface area contributed by atoms with E-state index in [9.17, 15) is 17.6 Å². The molecule has 0 unspecified atom stereocenters. The van der Waals surface area contributed by atoms with Crippen molar-refractivity contribution in [3.8, 4) is 0 Å². The van der Waals surface area contributed by atoms with Gasteiger partial charge >= 0.3 is 0 Å². The van der Waals surface area contributed by atoms with Crippen molar-refractivity contribution in [1.82, 2.24) is 4.98 Å². The normalized spacial score (nSPS) is 11.7. The van der Waals surface area contributed by atoms with E-state index in [0.29, 0.717) is 10.9 Å². The number of aromatic nitrogens is 1. The first kappa shape index (κ1) is 23.1. The lowest BCUT2D eigenvalue weighted by atomic mass is 10.1. The van der Waals surface area contributed by atoms with Gasteiger partial charge < -0.3 is 4.42 Å². The van der Waals surface area contributed by atoms with Gasteiger partial charge in [-0.15, -0.1) is 0 Å². The average Bonchev–Trinajstić information content (AvgIpc) is 3.47. The van der Waals surface area contributed by atoms with Gasteiger partial charge in [-0.05, 0) is 60.9 Å². The number of para-hydroxylation sites is 1. The van der Waals surface area contributed by atoms with Gasteiger partial charge in [0.1, 0.15) is 11.6 Å². The molecule has 2 aromatic carbocycles. The number of carbonyl (C=O) groups excluding carboxylic acids is 1. The van der Waals surface area contributed by atoms with Crippen LogP contribution in [0.1, 0.15) is 31.1 Å². The van der Waals surface area contributed by atoms with Crippen molar-refractivity contribution < 1.29 is 22.0 Å². The number of sulfone groups is 1. The number of nitrogens with zero attached hydrogens (tertiary/aromatic N) is 2. The van der Waals surface area contributed by atoms with Crippen molar-refractivity contribution in [2.45, 2.75) is 37.6 Å². The minimum Gasteiger partial charge on any atom is -0.467 e. The van der Waals surface area contributed by atoms with E-state index in [2.05, 4.69) is 6.92 Å². The standard InChI is InChI=1S/C24H23FN2O4S2/c1-2-17-6-3-8-21-23(17)26-24(32-21)27(16-19-7-4-14-31-19)22(28)9-5-15-33(29,30)20-12-10-18(25)11-13-20/h3-4,6-8,10-14H,2,5,9,15-16H2,1H3. The molecule has 0 spiro atoms. The molecular weight excluding hydrogens is 463 g/mol. The molecule has 0 saturated heterocycles. The van der Waals surface area contributed by atoms with Gasteiger partial charge in [0.15, 0.2) is 15.0 Å². The van der Waals surface area contributed by atoms with E-state index in [4.69, 9.17) is 9.40 Å². The Morgan fingerprint density at radius 3 is 2.61 bits per heavy atom. The van der Waals surface area contributed by atoms with Gasteiger partial charge in [0.25, 0.3) is 0 Å². The lowest BCUT2D eigenvalue weighted by molar-refractivity contribution is -0.118. The monoisotopic (exact) mass is 486 g/mol. The fourth-order valence-corrected chi connectivity index (χ4v) is 5.86. The number of amides is 1. The summed E-state index contributed by atoms with van der Waals surface area (Å²) < 4.78 is 44.6. The van der Waals surface area contributed by atoms with Gasteiger partial charge in [0.05, 0.1) is 33.7 Å². The summed E-state index contributed by atoms with van der Waals surface area (Å²) in [5.41, 5.74) is 1.97. The SMILES string of the molecule is CCc1cccc2sc(N(Cc3ccco3)C(=O)CCCS(=O)(=O)c3ccc(F)cc3)nc12. The molecule has 9 heteroatoms. The minimum absolute atomic E-state index is 0.0255. The molecule has 2 aromatic heterocycles. The van der Waals surface area contributed by atoms with Crippen LogP contribution in [-0.2, 0) is 27.6 Å². The average molecular weight is 487 g/mol. The summed E-state index contributed by atoms with van der Waals surface area (Å²) in [4.78, 5) is 19.5. The van der Waals surface area contributed by atoms with E-state index in [-0.39, 0.29) is 35.9 Å². The Bertz CT molecular complexity index is 1350. The molecule has 0 aliphatic rings. The third-order valence-electron chi connectivity index (χ3n) is 5.27. The summed E-state index contributed by atoms with van der Waals surface area (Å²) in [6.07, 6.45) is 2.53. The fourth-order valence-electron chi connectivity index (χ4n) is 3.52. The second-order valence-electron chi connectivity index (χ2n) is 7.55. The predicted molar refractivity (Wildman–Crippen MR) is 127 cm³/mol. The van der Waals surface area contributed by atoms with E-state index in [0.717, 1.165) is 34.3 Å². The molecule has 0 atom stereocenters. The van der Waals surface area contributed by atoms with Crippen molar-refractivity contribution in [3.63, 3.8) is 0 Å². The van der Waals surface area contributed by atoms with Crippen molar-refractivity contribution in [2.24, 2.45) is 0 Å². The van der Waals surface area contributed by atoms with E-state index < -0.39 is 15.7 Å². The Balaban J connectivity index is 1.52. The largest absolute Gasteiger partial charge is 0.467 e. The highest BCUT2D eigenvalue weighted by Gasteiger charge is 2.23. The van der Waals surface area contributed by atoms with Gasteiger partial charge in [0, 0.05) is 6.42 Å². The number of benzene rings is 2. The smallest absolute Gasteiger partial charge is 0.229 e. The van der Waals surface area contributed by atoms with Gasteiger partial charge in [-0.3, -0.25) is 9.69 Å². The van der Waals surface area contributed by atoms with Gasteiger partial charge in [-0.2, -0.15) is 0 Å². The second kappa shape index (κ2) is 9.84. The highest BCUT2D eigenvalue weighted by atomic mass is 32.2. The Hall–Kier alpha value is -3.04. The Kier molecular flexibility index (Phi) is 6.90. The molecule has 6 nitrogen and oxygen atoms in total. The highest BCUT2D eigenvalue weighted by Crippen LogP contribution is 2.32. The number of aryl methyl sites for hydroxylation is 1. The molecule has 0 aliphatic carbocycles. The first-order valence-corrected chi connectivity index (χ1v) is 13.0. The number of anilines is 1. The lowest BCUT2D eigenvalue weighted by Gasteiger charge is -2.18. The van der Waals surface area contributed by atoms with Crippen LogP contribution in [0.2, 0.25) is 0 Å². The molecule has 1 amide bonds. The highest BCUT2D eigenvalue weighted by molar-refractivity contribution is 7.91. The number of thiazole rings is 1. The topological polar surface area (TPSA) is 80.5 Å². The number of hydrogen-bond donors (Lipinski definition) is 0. The van der Waals surface area contributed by atoms with Crippen LogP contribution in [0, 0.1) is 5.82 Å². The first-order chi connectivity index (χ1) is 15.9. The molecule has 0 radical (unpaired) electrons. The zero-order valence-electron chi connectivity index (χ0n) is 18.0. The molecule has 4 aromatic rings. The third kappa shape index (κ3) is 5.31. The van der Waals surface area contributed by atoms with Crippen LogP contribution in [0.25, 0.3) is 10.2 Å². The number of hydrogen-bond acceptors (Lipinski definition) is 6. The van der Waals surface area contributed by atoms with Crippen LogP contribution in [0.5, 0.6) is 0 Å². The molecule has 0 aliphatic heterocycles. The lowest BCUT2D eigenvalue weighted by Crippen LogP contribution is -2.30. The molecule has 0 saturated carbocycles. The van der Waals surface area contributed by atoms with E-state index >= 15 is 0 Å². The molecule has 33 heavy (non-hydrogen) atoms. The van der Waals surface area contributed by atoms with Crippen LogP contribution in [0.4, 0.5) is 9.52 Å². The zero-order valence-corrected chi connectivity index (χ0v) is 19.7. The Labute approximate surface area is 195 Å². The van der Waals surface area contributed by atoms with Gasteiger partial charge in [-0.25, -0.2) is 17.8 Å². The number of rotatable bonds is 9. The van der Waals surface area contributed by atoms with Crippen LogP contribution in [0.15, 0.2) is 70.2 Å². The van der Waals surface area contributed by atoms with E-state index in [1.807, 2.05) is 18.2 Å². The van der Waals surface area contributed by atoms with Crippen molar-refractivity contribution in [3.05, 3.63) is 78.0 Å². The molecule has 0 N–H and O–H groups in total. The van der Waals surface area contributed by atoms with Gasteiger partial charge in [-0.1, -0.05) is 30.4 Å². The van der Waals surface area contributed by atoms with Gasteiger partial charge in [0.2, 0.25) is 5.91 Å². The van der Waals surface area contributed by atoms with E-state index in [1.165, 1.54) is 23.5 Å². The zero-order chi connectivity index (χ0) is 23.4. The second-order valence-corrected chi connectivity index (χ2v) is 10.7. The summed E-state index contributed by atoms with van der Waals surface area (Å²) >= 11 is 1.42. The fraction of sp³-hybridized carbons (Fsp3) is 0.250. The summed E-state index contributed by atoms with van der Waals surface area (Å²) in [5, 5.41) is 0.550. The maximum Gasteiger partial charge on any atom is 0.229 e. The summed E-state index contributed by atoms with van der Waals surface area (Å²) in [5.74, 6) is -0.339. The number of fused-ring (bicyclic) bond motifs is 1. The molecule has 4 rings (SSSR count). The van der Waals surface area contributed by atoms with E-state index in [1.54, 1.807) is 23.3 Å². The summed E-state index contributed by atoms with van der Waals surface area (Å²) in [6, 6.07) is 14.2. The minimum atomic E-state index is -3.61. The molecule has 172 valence electrons. The Morgan fingerprint density at radius 2 is 1.91 bits per heavy atom. The number of halogens is 1. The van der Waals surface area contributed by atoms with Crippen molar-refractivity contribution in [1.29, 1.82) is 0 Å². The van der Waals surface area contributed by atoms with Crippen LogP contribution in [0.3, 0.4) is 0 Å². The first-order valence-electron chi connectivity index (χ1n) is 10.6. The maximum absolute atomic E-state index is 13.2. The third-order valence-corrected chi connectivity index (χ3v) is 8.13. The quantitative estimate of drug-likeness (QED) is 0.297. The van der Waals surface area contributed by atoms with Crippen molar-refractivity contribution >= 4 is 42.4 Å². The molecule has 2 heterocycles. The summed E-state index contributed by atoms with van der Waals surface area (Å²) in [6.45, 7) is 2.26. The van der Waals surface area contributed by atoms with Crippen LogP contribution < -0.4 is 4.90 Å². The van der Waals surface area contributed by atoms with Crippen LogP contribution in [-0.4, -0.2) is 25.1 Å². The maximum atomic E-state index is 13.2. The summed E-state index contributed by atoms with van der Waals surface area (Å²) in [7, 11) is -3.61. The van der Waals surface area contributed by atoms with Crippen molar-refractivity contribution in [2.75, 3.05) is 10.7 Å². The number of carbonyl (C=O) groups is 1. The molecule has 0 bridgehead atoms. The van der Waals surface area contributed by atoms with Crippen LogP contribution >= 0.6 is 11.3 Å². The number of furan rings is 1. The molecule has 0 fully saturated rings. The Morgan fingerprint density at radius 1 is 1.12 bits per heavy atom. The molecular formula is C24H23FN2O4S2.